The normalized spacial score (nSPS) is 11.5. The van der Waals surface area contributed by atoms with Gasteiger partial charge in [0.05, 0.1) is 0 Å². The van der Waals surface area contributed by atoms with Gasteiger partial charge in [-0.25, -0.2) is 0 Å². The lowest BCUT2D eigenvalue weighted by molar-refractivity contribution is -0.122. The summed E-state index contributed by atoms with van der Waals surface area (Å²) in [7, 11) is 0. The molecule has 90 valence electrons. The molecule has 0 unspecified atom stereocenters. The third-order valence-corrected chi connectivity index (χ3v) is 3.72. The van der Waals surface area contributed by atoms with Crippen molar-refractivity contribution in [1.29, 1.82) is 0 Å². The fraction of sp³-hybridized carbons (Fsp3) is 0.917. The maximum absolute atomic E-state index is 11.5. The quantitative estimate of drug-likeness (QED) is 0.533. The first kappa shape index (κ1) is 14.9. The maximum atomic E-state index is 11.5. The molecule has 0 saturated carbocycles. The fourth-order valence-corrected chi connectivity index (χ4v) is 1.50. The molecule has 15 heavy (non-hydrogen) atoms. The van der Waals surface area contributed by atoms with E-state index in [1.165, 1.54) is 25.7 Å². The topological polar surface area (TPSA) is 29.1 Å². The highest BCUT2D eigenvalue weighted by molar-refractivity contribution is 9.09. The Balaban J connectivity index is 3.49. The van der Waals surface area contributed by atoms with Crippen LogP contribution in [0.1, 0.15) is 59.3 Å². The number of hydrogen-bond donors (Lipinski definition) is 1. The van der Waals surface area contributed by atoms with E-state index in [4.69, 9.17) is 0 Å². The van der Waals surface area contributed by atoms with E-state index in [2.05, 4.69) is 28.2 Å². The van der Waals surface area contributed by atoms with Crippen LogP contribution in [0.5, 0.6) is 0 Å². The Morgan fingerprint density at radius 1 is 1.20 bits per heavy atom. The van der Waals surface area contributed by atoms with E-state index < -0.39 is 0 Å². The Hall–Kier alpha value is -0.0500. The molecule has 0 bridgehead atoms. The average Bonchev–Trinajstić information content (AvgIpc) is 2.17. The highest BCUT2D eigenvalue weighted by Gasteiger charge is 2.17. The molecule has 1 amide bonds. The largest absolute Gasteiger partial charge is 0.350 e. The van der Waals surface area contributed by atoms with Crippen molar-refractivity contribution in [2.75, 3.05) is 5.33 Å². The van der Waals surface area contributed by atoms with Crippen LogP contribution in [-0.2, 0) is 4.79 Å². The minimum atomic E-state index is -0.125. The number of unbranched alkanes of at least 4 members (excludes halogenated alkanes) is 4. The molecule has 0 rings (SSSR count). The number of rotatable bonds is 8. The molecule has 3 heteroatoms. The molecule has 0 fully saturated rings. The summed E-state index contributed by atoms with van der Waals surface area (Å²) < 4.78 is 0. The number of nitrogens with one attached hydrogen (secondary N) is 1. The van der Waals surface area contributed by atoms with Gasteiger partial charge >= 0.3 is 0 Å². The molecule has 2 nitrogen and oxygen atoms in total. The van der Waals surface area contributed by atoms with Gasteiger partial charge in [0, 0.05) is 17.3 Å². The number of amides is 1. The Labute approximate surface area is 102 Å². The van der Waals surface area contributed by atoms with E-state index in [0.29, 0.717) is 6.42 Å². The van der Waals surface area contributed by atoms with Crippen molar-refractivity contribution in [3.63, 3.8) is 0 Å². The van der Waals surface area contributed by atoms with Crippen LogP contribution in [-0.4, -0.2) is 16.8 Å². The molecule has 0 aromatic rings. The summed E-state index contributed by atoms with van der Waals surface area (Å²) >= 11 is 3.39. The summed E-state index contributed by atoms with van der Waals surface area (Å²) in [6, 6.07) is 0. The minimum Gasteiger partial charge on any atom is -0.350 e. The average molecular weight is 278 g/mol. The summed E-state index contributed by atoms with van der Waals surface area (Å²) in [5, 5.41) is 3.80. The van der Waals surface area contributed by atoms with Gasteiger partial charge in [-0.3, -0.25) is 4.79 Å². The Bertz CT molecular complexity index is 180. The summed E-state index contributed by atoms with van der Waals surface area (Å²) in [5.74, 6) is 0.177. The SMILES string of the molecule is CCCCCCCC(=O)NC(C)(C)CBr. The summed E-state index contributed by atoms with van der Waals surface area (Å²) in [5.41, 5.74) is -0.125. The third-order valence-electron chi connectivity index (χ3n) is 2.32. The van der Waals surface area contributed by atoms with Gasteiger partial charge in [0.1, 0.15) is 0 Å². The van der Waals surface area contributed by atoms with Gasteiger partial charge in [-0.15, -0.1) is 0 Å². The van der Waals surface area contributed by atoms with Gasteiger partial charge < -0.3 is 5.32 Å². The van der Waals surface area contributed by atoms with Crippen LogP contribution in [0, 0.1) is 0 Å². The van der Waals surface area contributed by atoms with Crippen LogP contribution in [0.2, 0.25) is 0 Å². The molecule has 0 spiro atoms. The Morgan fingerprint density at radius 3 is 2.33 bits per heavy atom. The van der Waals surface area contributed by atoms with Gasteiger partial charge in [0.15, 0.2) is 0 Å². The van der Waals surface area contributed by atoms with E-state index in [9.17, 15) is 4.79 Å². The maximum Gasteiger partial charge on any atom is 0.220 e. The van der Waals surface area contributed by atoms with E-state index in [-0.39, 0.29) is 11.4 Å². The molecule has 0 aliphatic carbocycles. The van der Waals surface area contributed by atoms with E-state index >= 15 is 0 Å². The molecule has 0 aliphatic rings. The van der Waals surface area contributed by atoms with Crippen molar-refractivity contribution in [2.24, 2.45) is 0 Å². The molecule has 0 saturated heterocycles. The standard InChI is InChI=1S/C12H24BrNO/c1-4-5-6-7-8-9-11(15)14-12(2,3)10-13/h4-10H2,1-3H3,(H,14,15). The van der Waals surface area contributed by atoms with Crippen LogP contribution >= 0.6 is 15.9 Å². The first-order valence-electron chi connectivity index (χ1n) is 5.89. The Kier molecular flexibility index (Phi) is 8.12. The molecule has 0 radical (unpaired) electrons. The van der Waals surface area contributed by atoms with Crippen LogP contribution in [0.15, 0.2) is 0 Å². The van der Waals surface area contributed by atoms with Crippen molar-refractivity contribution >= 4 is 21.8 Å². The van der Waals surface area contributed by atoms with Crippen LogP contribution in [0.25, 0.3) is 0 Å². The minimum absolute atomic E-state index is 0.125. The number of carbonyl (C=O) groups excluding carboxylic acids is 1. The molecule has 1 N–H and O–H groups in total. The fourth-order valence-electron chi connectivity index (χ4n) is 1.36. The Morgan fingerprint density at radius 2 is 1.80 bits per heavy atom. The van der Waals surface area contributed by atoms with Crippen molar-refractivity contribution < 1.29 is 4.79 Å². The molecule has 0 aromatic carbocycles. The number of alkyl halides is 1. The van der Waals surface area contributed by atoms with Gasteiger partial charge in [0.25, 0.3) is 0 Å². The lowest BCUT2D eigenvalue weighted by atomic mass is 10.1. The molecule has 0 aromatic heterocycles. The van der Waals surface area contributed by atoms with Gasteiger partial charge in [-0.2, -0.15) is 0 Å². The van der Waals surface area contributed by atoms with Crippen molar-refractivity contribution in [1.82, 2.24) is 5.32 Å². The first-order valence-corrected chi connectivity index (χ1v) is 7.01. The van der Waals surface area contributed by atoms with Crippen molar-refractivity contribution in [3.8, 4) is 0 Å². The second-order valence-electron chi connectivity index (χ2n) is 4.73. The third kappa shape index (κ3) is 8.91. The number of hydrogen-bond acceptors (Lipinski definition) is 1. The smallest absolute Gasteiger partial charge is 0.220 e. The van der Waals surface area contributed by atoms with Gasteiger partial charge in [0.2, 0.25) is 5.91 Å². The van der Waals surface area contributed by atoms with Gasteiger partial charge in [-0.1, -0.05) is 48.5 Å². The zero-order valence-corrected chi connectivity index (χ0v) is 11.8. The number of carbonyl (C=O) groups is 1. The van der Waals surface area contributed by atoms with Crippen LogP contribution < -0.4 is 5.32 Å². The molecule has 0 heterocycles. The lowest BCUT2D eigenvalue weighted by Crippen LogP contribution is -2.44. The van der Waals surface area contributed by atoms with E-state index in [1.54, 1.807) is 0 Å². The predicted molar refractivity (Wildman–Crippen MR) is 69.4 cm³/mol. The monoisotopic (exact) mass is 277 g/mol. The van der Waals surface area contributed by atoms with Crippen LogP contribution in [0.4, 0.5) is 0 Å². The predicted octanol–water partition coefficient (Wildman–Crippen LogP) is 3.64. The highest BCUT2D eigenvalue weighted by atomic mass is 79.9. The molecular weight excluding hydrogens is 254 g/mol. The molecule has 0 aliphatic heterocycles. The zero-order valence-electron chi connectivity index (χ0n) is 10.2. The summed E-state index contributed by atoms with van der Waals surface area (Å²) in [6.07, 6.45) is 6.66. The summed E-state index contributed by atoms with van der Waals surface area (Å²) in [6.45, 7) is 6.25. The molecular formula is C12H24BrNO. The zero-order chi connectivity index (χ0) is 11.7. The van der Waals surface area contributed by atoms with E-state index in [1.807, 2.05) is 13.8 Å². The first-order chi connectivity index (χ1) is 7.02. The van der Waals surface area contributed by atoms with Crippen molar-refractivity contribution in [2.45, 2.75) is 64.8 Å². The van der Waals surface area contributed by atoms with E-state index in [0.717, 1.165) is 11.8 Å². The van der Waals surface area contributed by atoms with Gasteiger partial charge in [-0.05, 0) is 20.3 Å². The lowest BCUT2D eigenvalue weighted by Gasteiger charge is -2.23. The van der Waals surface area contributed by atoms with Crippen LogP contribution in [0.3, 0.4) is 0 Å². The second-order valence-corrected chi connectivity index (χ2v) is 5.29. The highest BCUT2D eigenvalue weighted by Crippen LogP contribution is 2.08. The molecule has 0 atom stereocenters. The number of halogens is 1. The summed E-state index contributed by atoms with van der Waals surface area (Å²) in [4.78, 5) is 11.5. The van der Waals surface area contributed by atoms with Crippen molar-refractivity contribution in [3.05, 3.63) is 0 Å². The second kappa shape index (κ2) is 8.14.